The standard InChI is InChI=1S/C31H50N2O6/c1-7-10-12-14-19-38-29(37)25-24-27(35)33(23(21-34)20-22(4)5)26(31(24)16-15-30(25,6)39-31)28(36)32(17-9-3)18-13-11-8-2/h7,9,22-26,34H,1,3,8,10-21H2,2,4-6H3/t23-,24+,25+,26?,30-,31?/m1/s1. The molecule has 0 aromatic rings. The van der Waals surface area contributed by atoms with Crippen LogP contribution in [-0.2, 0) is 23.9 Å². The average molecular weight is 547 g/mol. The van der Waals surface area contributed by atoms with E-state index in [-0.39, 0.29) is 30.9 Å². The van der Waals surface area contributed by atoms with E-state index in [1.54, 1.807) is 15.9 Å². The number of esters is 1. The maximum absolute atomic E-state index is 14.4. The van der Waals surface area contributed by atoms with Gasteiger partial charge in [-0.15, -0.1) is 13.2 Å². The van der Waals surface area contributed by atoms with E-state index >= 15 is 0 Å². The van der Waals surface area contributed by atoms with Gasteiger partial charge < -0.3 is 24.4 Å². The fourth-order valence-electron chi connectivity index (χ4n) is 7.04. The third kappa shape index (κ3) is 6.12. The molecule has 2 amide bonds. The van der Waals surface area contributed by atoms with Gasteiger partial charge in [0.1, 0.15) is 17.6 Å². The molecule has 0 aromatic heterocycles. The van der Waals surface area contributed by atoms with Crippen molar-refractivity contribution in [3.8, 4) is 0 Å². The fraction of sp³-hybridized carbons (Fsp3) is 0.774. The highest BCUT2D eigenvalue weighted by Crippen LogP contribution is 2.63. The summed E-state index contributed by atoms with van der Waals surface area (Å²) < 4.78 is 12.4. The number of fused-ring (bicyclic) bond motifs is 1. The quantitative estimate of drug-likeness (QED) is 0.166. The van der Waals surface area contributed by atoms with Crippen LogP contribution < -0.4 is 0 Å². The monoisotopic (exact) mass is 546 g/mol. The van der Waals surface area contributed by atoms with Crippen LogP contribution in [0.5, 0.6) is 0 Å². The Kier molecular flexibility index (Phi) is 10.8. The summed E-state index contributed by atoms with van der Waals surface area (Å²) >= 11 is 0. The molecule has 3 fully saturated rings. The average Bonchev–Trinajstić information content (AvgIpc) is 3.46. The topological polar surface area (TPSA) is 96.4 Å². The van der Waals surface area contributed by atoms with E-state index in [0.29, 0.717) is 38.8 Å². The van der Waals surface area contributed by atoms with Gasteiger partial charge in [0.25, 0.3) is 0 Å². The molecule has 1 spiro atoms. The van der Waals surface area contributed by atoms with Crippen LogP contribution in [-0.4, -0.2) is 82.3 Å². The number of hydrogen-bond acceptors (Lipinski definition) is 6. The molecule has 6 atom stereocenters. The predicted octanol–water partition coefficient (Wildman–Crippen LogP) is 4.26. The second kappa shape index (κ2) is 13.4. The van der Waals surface area contributed by atoms with Crippen LogP contribution >= 0.6 is 0 Å². The van der Waals surface area contributed by atoms with Crippen LogP contribution in [0.4, 0.5) is 0 Å². The van der Waals surface area contributed by atoms with Gasteiger partial charge in [-0.1, -0.05) is 45.8 Å². The Bertz CT molecular complexity index is 906. The third-order valence-electron chi connectivity index (χ3n) is 8.79. The maximum Gasteiger partial charge on any atom is 0.312 e. The van der Waals surface area contributed by atoms with Gasteiger partial charge >= 0.3 is 5.97 Å². The lowest BCUT2D eigenvalue weighted by Crippen LogP contribution is -2.59. The Morgan fingerprint density at radius 3 is 2.56 bits per heavy atom. The number of nitrogens with zero attached hydrogens (tertiary/aromatic N) is 2. The van der Waals surface area contributed by atoms with Gasteiger partial charge in [0, 0.05) is 13.1 Å². The Hall–Kier alpha value is -2.19. The number of unbranched alkanes of at least 4 members (excludes halogenated alkanes) is 4. The van der Waals surface area contributed by atoms with E-state index < -0.39 is 41.1 Å². The molecule has 3 heterocycles. The lowest BCUT2D eigenvalue weighted by Gasteiger charge is -2.40. The van der Waals surface area contributed by atoms with Crippen molar-refractivity contribution in [2.75, 3.05) is 26.3 Å². The molecule has 3 aliphatic rings. The van der Waals surface area contributed by atoms with Gasteiger partial charge in [-0.2, -0.15) is 0 Å². The zero-order valence-electron chi connectivity index (χ0n) is 24.5. The molecule has 0 radical (unpaired) electrons. The highest BCUT2D eigenvalue weighted by atomic mass is 16.6. The molecular formula is C31H50N2O6. The summed E-state index contributed by atoms with van der Waals surface area (Å²) in [7, 11) is 0. The van der Waals surface area contributed by atoms with Crippen molar-refractivity contribution in [2.24, 2.45) is 17.8 Å². The molecule has 0 aliphatic carbocycles. The summed E-state index contributed by atoms with van der Waals surface area (Å²) in [5.74, 6) is -2.30. The molecule has 220 valence electrons. The summed E-state index contributed by atoms with van der Waals surface area (Å²) in [4.78, 5) is 45.5. The highest BCUT2D eigenvalue weighted by Gasteiger charge is 2.79. The van der Waals surface area contributed by atoms with Crippen LogP contribution in [0.1, 0.15) is 85.5 Å². The number of carbonyl (C=O) groups excluding carboxylic acids is 3. The Balaban J connectivity index is 1.99. The van der Waals surface area contributed by atoms with Gasteiger partial charge in [0.2, 0.25) is 11.8 Å². The number of aliphatic hydroxyl groups is 1. The molecule has 3 saturated heterocycles. The van der Waals surface area contributed by atoms with Gasteiger partial charge in [-0.3, -0.25) is 14.4 Å². The van der Waals surface area contributed by atoms with Crippen molar-refractivity contribution >= 4 is 17.8 Å². The number of rotatable bonds is 17. The molecule has 2 unspecified atom stereocenters. The Labute approximate surface area is 234 Å². The smallest absolute Gasteiger partial charge is 0.312 e. The minimum Gasteiger partial charge on any atom is -0.465 e. The van der Waals surface area contributed by atoms with Gasteiger partial charge in [-0.05, 0) is 57.8 Å². The number of carbonyl (C=O) groups is 3. The summed E-state index contributed by atoms with van der Waals surface area (Å²) in [5, 5.41) is 10.4. The van der Waals surface area contributed by atoms with Crippen molar-refractivity contribution in [3.63, 3.8) is 0 Å². The Morgan fingerprint density at radius 1 is 1.21 bits per heavy atom. The van der Waals surface area contributed by atoms with Crippen molar-refractivity contribution in [3.05, 3.63) is 25.3 Å². The summed E-state index contributed by atoms with van der Waals surface area (Å²) in [6.07, 6.45) is 10.5. The molecule has 0 saturated carbocycles. The van der Waals surface area contributed by atoms with Crippen LogP contribution in [0.25, 0.3) is 0 Å². The van der Waals surface area contributed by atoms with Crippen LogP contribution in [0.15, 0.2) is 25.3 Å². The van der Waals surface area contributed by atoms with Crippen molar-refractivity contribution in [2.45, 2.75) is 109 Å². The van der Waals surface area contributed by atoms with E-state index in [0.717, 1.165) is 32.1 Å². The zero-order chi connectivity index (χ0) is 28.8. The van der Waals surface area contributed by atoms with Crippen LogP contribution in [0, 0.1) is 17.8 Å². The normalized spacial score (nSPS) is 29.9. The van der Waals surface area contributed by atoms with E-state index in [1.165, 1.54) is 0 Å². The molecule has 0 aromatic carbocycles. The SMILES string of the molecule is C=CCCCCOC(=O)[C@@H]1[C@H]2C(=O)N([C@@H](CO)CC(C)C)C(C(=O)N(CC=C)CCCCC)C23CC[C@@]1(C)O3. The molecule has 39 heavy (non-hydrogen) atoms. The first-order valence-corrected chi connectivity index (χ1v) is 14.9. The van der Waals surface area contributed by atoms with Gasteiger partial charge in [0.05, 0.1) is 30.8 Å². The second-order valence-corrected chi connectivity index (χ2v) is 12.2. The van der Waals surface area contributed by atoms with E-state index in [4.69, 9.17) is 9.47 Å². The first kappa shape index (κ1) is 31.3. The number of ether oxygens (including phenoxy) is 2. The Morgan fingerprint density at radius 2 is 1.95 bits per heavy atom. The molecular weight excluding hydrogens is 496 g/mol. The van der Waals surface area contributed by atoms with E-state index in [1.807, 2.05) is 26.8 Å². The molecule has 3 rings (SSSR count). The summed E-state index contributed by atoms with van der Waals surface area (Å²) in [6.45, 7) is 16.6. The predicted molar refractivity (Wildman–Crippen MR) is 151 cm³/mol. The van der Waals surface area contributed by atoms with Gasteiger partial charge in [0.15, 0.2) is 0 Å². The molecule has 1 N–H and O–H groups in total. The first-order chi connectivity index (χ1) is 18.6. The number of allylic oxidation sites excluding steroid dienone is 1. The minimum absolute atomic E-state index is 0.188. The minimum atomic E-state index is -1.12. The fourth-order valence-corrected chi connectivity index (χ4v) is 7.04. The number of likely N-dealkylation sites (tertiary alicyclic amines) is 1. The van der Waals surface area contributed by atoms with Crippen molar-refractivity contribution in [1.82, 2.24) is 9.80 Å². The number of hydrogen-bond donors (Lipinski definition) is 1. The van der Waals surface area contributed by atoms with Gasteiger partial charge in [-0.25, -0.2) is 0 Å². The van der Waals surface area contributed by atoms with Crippen molar-refractivity contribution < 1.29 is 29.0 Å². The number of aliphatic hydroxyl groups excluding tert-OH is 1. The van der Waals surface area contributed by atoms with E-state index in [9.17, 15) is 19.5 Å². The molecule has 8 nitrogen and oxygen atoms in total. The molecule has 2 bridgehead atoms. The summed E-state index contributed by atoms with van der Waals surface area (Å²) in [6, 6.07) is -1.45. The van der Waals surface area contributed by atoms with Crippen LogP contribution in [0.2, 0.25) is 0 Å². The third-order valence-corrected chi connectivity index (χ3v) is 8.79. The first-order valence-electron chi connectivity index (χ1n) is 14.9. The molecule has 8 heteroatoms. The summed E-state index contributed by atoms with van der Waals surface area (Å²) in [5.41, 5.74) is -1.99. The number of amides is 2. The lowest BCUT2D eigenvalue weighted by molar-refractivity contribution is -0.162. The lowest BCUT2D eigenvalue weighted by atomic mass is 9.66. The second-order valence-electron chi connectivity index (χ2n) is 12.2. The zero-order valence-corrected chi connectivity index (χ0v) is 24.5. The van der Waals surface area contributed by atoms with Crippen molar-refractivity contribution in [1.29, 1.82) is 0 Å². The largest absolute Gasteiger partial charge is 0.465 e. The molecule has 3 aliphatic heterocycles. The maximum atomic E-state index is 14.4. The van der Waals surface area contributed by atoms with E-state index in [2.05, 4.69) is 20.1 Å². The van der Waals surface area contributed by atoms with Crippen LogP contribution in [0.3, 0.4) is 0 Å². The highest BCUT2D eigenvalue weighted by molar-refractivity contribution is 5.98.